The fourth-order valence-corrected chi connectivity index (χ4v) is 4.74. The van der Waals surface area contributed by atoms with Crippen molar-refractivity contribution in [1.82, 2.24) is 14.7 Å². The summed E-state index contributed by atoms with van der Waals surface area (Å²) >= 11 is 6.05. The summed E-state index contributed by atoms with van der Waals surface area (Å²) in [6.07, 6.45) is 2.78. The normalized spacial score (nSPS) is 25.0. The van der Waals surface area contributed by atoms with Crippen molar-refractivity contribution >= 4 is 17.5 Å². The Balaban J connectivity index is 1.70. The van der Waals surface area contributed by atoms with Crippen LogP contribution in [0.25, 0.3) is 0 Å². The topological polar surface area (TPSA) is 47.0 Å². The zero-order valence-corrected chi connectivity index (χ0v) is 17.3. The molecule has 0 aliphatic carbocycles. The molecule has 2 unspecified atom stereocenters. The van der Waals surface area contributed by atoms with Gasteiger partial charge in [0.15, 0.2) is 0 Å². The van der Waals surface area contributed by atoms with E-state index in [1.807, 2.05) is 24.0 Å². The van der Waals surface area contributed by atoms with E-state index in [-0.39, 0.29) is 12.5 Å². The number of likely N-dealkylation sites (tertiary alicyclic amines) is 1. The van der Waals surface area contributed by atoms with Crippen LogP contribution in [0.5, 0.6) is 0 Å². The van der Waals surface area contributed by atoms with Gasteiger partial charge < -0.3 is 14.9 Å². The predicted octanol–water partition coefficient (Wildman–Crippen LogP) is 2.50. The summed E-state index contributed by atoms with van der Waals surface area (Å²) in [6.45, 7) is 8.15. The maximum Gasteiger partial charge on any atom is 0.254 e. The van der Waals surface area contributed by atoms with Gasteiger partial charge in [0, 0.05) is 62.5 Å². The van der Waals surface area contributed by atoms with Crippen LogP contribution in [0, 0.1) is 12.8 Å². The van der Waals surface area contributed by atoms with Gasteiger partial charge in [-0.3, -0.25) is 9.69 Å². The Hall–Kier alpha value is -1.14. The lowest BCUT2D eigenvalue weighted by atomic mass is 9.86. The summed E-state index contributed by atoms with van der Waals surface area (Å²) in [4.78, 5) is 20.1. The van der Waals surface area contributed by atoms with Crippen LogP contribution in [0.2, 0.25) is 5.02 Å². The summed E-state index contributed by atoms with van der Waals surface area (Å²) in [6, 6.07) is 6.01. The number of piperidine rings is 1. The highest BCUT2D eigenvalue weighted by Crippen LogP contribution is 2.28. The van der Waals surface area contributed by atoms with E-state index in [1.165, 1.54) is 0 Å². The predicted molar refractivity (Wildman–Crippen MR) is 109 cm³/mol. The van der Waals surface area contributed by atoms with Crippen molar-refractivity contribution in [2.45, 2.75) is 32.2 Å². The number of rotatable bonds is 5. The molecule has 0 aromatic heterocycles. The number of hydrogen-bond acceptors (Lipinski definition) is 4. The number of piperazine rings is 1. The van der Waals surface area contributed by atoms with Crippen LogP contribution in [0.15, 0.2) is 18.2 Å². The van der Waals surface area contributed by atoms with E-state index >= 15 is 0 Å². The maximum absolute atomic E-state index is 13.1. The lowest BCUT2D eigenvalue weighted by Gasteiger charge is -2.46. The number of aliphatic hydroxyl groups excluding tert-OH is 1. The smallest absolute Gasteiger partial charge is 0.254 e. The van der Waals surface area contributed by atoms with E-state index < -0.39 is 0 Å². The van der Waals surface area contributed by atoms with E-state index in [9.17, 15) is 9.90 Å². The molecule has 1 amide bonds. The summed E-state index contributed by atoms with van der Waals surface area (Å²) in [5.74, 6) is 0.529. The van der Waals surface area contributed by atoms with Gasteiger partial charge in [0.05, 0.1) is 0 Å². The van der Waals surface area contributed by atoms with E-state index in [2.05, 4.69) is 16.8 Å². The molecule has 27 heavy (non-hydrogen) atoms. The van der Waals surface area contributed by atoms with Gasteiger partial charge >= 0.3 is 0 Å². The van der Waals surface area contributed by atoms with Gasteiger partial charge in [-0.25, -0.2) is 0 Å². The highest BCUT2D eigenvalue weighted by molar-refractivity contribution is 6.30. The van der Waals surface area contributed by atoms with Crippen molar-refractivity contribution in [2.75, 3.05) is 52.9 Å². The lowest BCUT2D eigenvalue weighted by molar-refractivity contribution is 0.0217. The summed E-state index contributed by atoms with van der Waals surface area (Å²) in [7, 11) is 2.18. The molecule has 2 atom stereocenters. The Morgan fingerprint density at radius 3 is 2.63 bits per heavy atom. The van der Waals surface area contributed by atoms with Crippen molar-refractivity contribution < 1.29 is 9.90 Å². The first-order chi connectivity index (χ1) is 13.0. The van der Waals surface area contributed by atoms with E-state index in [0.29, 0.717) is 17.0 Å². The average molecular weight is 394 g/mol. The highest BCUT2D eigenvalue weighted by Gasteiger charge is 2.35. The fraction of sp³-hybridized carbons (Fsp3) is 0.667. The van der Waals surface area contributed by atoms with Crippen LogP contribution in [-0.2, 0) is 0 Å². The minimum absolute atomic E-state index is 0.106. The van der Waals surface area contributed by atoms with Crippen molar-refractivity contribution in [1.29, 1.82) is 0 Å². The molecule has 5 nitrogen and oxygen atoms in total. The minimum Gasteiger partial charge on any atom is -0.396 e. The standard InChI is InChI=1S/C21H32ClN3O2/c1-16-14-18(22)5-6-19(16)21(27)25-8-7-20(17(15-25)4-3-13-26)24-11-9-23(2)10-12-24/h5-6,14,17,20,26H,3-4,7-13,15H2,1-2H3. The van der Waals surface area contributed by atoms with E-state index in [1.54, 1.807) is 6.07 Å². The van der Waals surface area contributed by atoms with Crippen molar-refractivity contribution in [3.63, 3.8) is 0 Å². The third-order valence-electron chi connectivity index (χ3n) is 6.14. The van der Waals surface area contributed by atoms with Gasteiger partial charge in [0.1, 0.15) is 0 Å². The number of hydrogen-bond donors (Lipinski definition) is 1. The number of carbonyl (C=O) groups is 1. The third-order valence-corrected chi connectivity index (χ3v) is 6.37. The van der Waals surface area contributed by atoms with Crippen molar-refractivity contribution in [3.8, 4) is 0 Å². The van der Waals surface area contributed by atoms with Crippen molar-refractivity contribution in [3.05, 3.63) is 34.3 Å². The summed E-state index contributed by atoms with van der Waals surface area (Å²) in [5, 5.41) is 10.00. The number of likely N-dealkylation sites (N-methyl/N-ethyl adjacent to an activating group) is 1. The molecule has 0 radical (unpaired) electrons. The molecule has 2 saturated heterocycles. The molecule has 1 N–H and O–H groups in total. The number of amides is 1. The van der Waals surface area contributed by atoms with Gasteiger partial charge in [0.25, 0.3) is 5.91 Å². The van der Waals surface area contributed by atoms with Crippen molar-refractivity contribution in [2.24, 2.45) is 5.92 Å². The first-order valence-corrected chi connectivity index (χ1v) is 10.5. The molecule has 3 rings (SSSR count). The number of nitrogens with zero attached hydrogens (tertiary/aromatic N) is 3. The number of aryl methyl sites for hydroxylation is 1. The Kier molecular flexibility index (Phi) is 7.15. The second kappa shape index (κ2) is 9.37. The lowest BCUT2D eigenvalue weighted by Crippen LogP contribution is -2.57. The van der Waals surface area contributed by atoms with E-state index in [0.717, 1.165) is 69.7 Å². The molecule has 2 fully saturated rings. The molecule has 1 aromatic carbocycles. The fourth-order valence-electron chi connectivity index (χ4n) is 4.51. The molecule has 0 bridgehead atoms. The van der Waals surface area contributed by atoms with Crippen LogP contribution in [0.1, 0.15) is 35.2 Å². The number of carbonyl (C=O) groups excluding carboxylic acids is 1. The molecule has 2 heterocycles. The third kappa shape index (κ3) is 5.02. The molecule has 1 aromatic rings. The number of halogens is 1. The second-order valence-electron chi connectivity index (χ2n) is 8.03. The van der Waals surface area contributed by atoms with E-state index in [4.69, 9.17) is 11.6 Å². The van der Waals surface area contributed by atoms with Gasteiger partial charge in [-0.05, 0) is 62.9 Å². The van der Waals surface area contributed by atoms with Crippen LogP contribution in [0.4, 0.5) is 0 Å². The van der Waals surface area contributed by atoms with Crippen LogP contribution < -0.4 is 0 Å². The minimum atomic E-state index is 0.106. The Labute approximate surface area is 167 Å². The maximum atomic E-state index is 13.1. The van der Waals surface area contributed by atoms with Crippen LogP contribution in [-0.4, -0.2) is 84.7 Å². The monoisotopic (exact) mass is 393 g/mol. The zero-order chi connectivity index (χ0) is 19.4. The Morgan fingerprint density at radius 1 is 1.22 bits per heavy atom. The quantitative estimate of drug-likeness (QED) is 0.834. The first-order valence-electron chi connectivity index (χ1n) is 10.1. The zero-order valence-electron chi connectivity index (χ0n) is 16.5. The summed E-state index contributed by atoms with van der Waals surface area (Å²) in [5.41, 5.74) is 1.68. The van der Waals surface area contributed by atoms with Gasteiger partial charge in [-0.15, -0.1) is 0 Å². The van der Waals surface area contributed by atoms with Gasteiger partial charge in [-0.1, -0.05) is 11.6 Å². The molecular formula is C21H32ClN3O2. The Morgan fingerprint density at radius 2 is 1.96 bits per heavy atom. The highest BCUT2D eigenvalue weighted by atomic mass is 35.5. The molecule has 0 saturated carbocycles. The Bertz CT molecular complexity index is 646. The first kappa shape index (κ1) is 20.6. The molecule has 2 aliphatic heterocycles. The van der Waals surface area contributed by atoms with Crippen LogP contribution in [0.3, 0.4) is 0 Å². The SMILES string of the molecule is Cc1cc(Cl)ccc1C(=O)N1CCC(N2CCN(C)CC2)C(CCCO)C1. The summed E-state index contributed by atoms with van der Waals surface area (Å²) < 4.78 is 0. The van der Waals surface area contributed by atoms with Crippen LogP contribution >= 0.6 is 11.6 Å². The molecule has 6 heteroatoms. The largest absolute Gasteiger partial charge is 0.396 e. The number of benzene rings is 1. The number of aliphatic hydroxyl groups is 1. The van der Waals surface area contributed by atoms with Gasteiger partial charge in [-0.2, -0.15) is 0 Å². The molecule has 2 aliphatic rings. The average Bonchev–Trinajstić information content (AvgIpc) is 2.66. The van der Waals surface area contributed by atoms with Gasteiger partial charge in [0.2, 0.25) is 0 Å². The molecule has 150 valence electrons. The second-order valence-corrected chi connectivity index (χ2v) is 8.47. The molecular weight excluding hydrogens is 362 g/mol. The molecule has 0 spiro atoms.